The van der Waals surface area contributed by atoms with Crippen molar-refractivity contribution in [3.63, 3.8) is 0 Å². The molecule has 166 valence electrons. The van der Waals surface area contributed by atoms with Gasteiger partial charge in [0.05, 0.1) is 32.4 Å². The largest absolute Gasteiger partial charge is 0.465 e. The molecule has 3 heterocycles. The molecule has 0 saturated carbocycles. The molecule has 2 aliphatic rings. The van der Waals surface area contributed by atoms with Gasteiger partial charge >= 0.3 is 5.97 Å². The van der Waals surface area contributed by atoms with Gasteiger partial charge in [-0.3, -0.25) is 9.69 Å². The summed E-state index contributed by atoms with van der Waals surface area (Å²) in [6.07, 6.45) is 1.33. The van der Waals surface area contributed by atoms with E-state index >= 15 is 0 Å². The second-order valence-electron chi connectivity index (χ2n) is 6.99. The summed E-state index contributed by atoms with van der Waals surface area (Å²) < 4.78 is 38.0. The fourth-order valence-corrected chi connectivity index (χ4v) is 5.02. The van der Waals surface area contributed by atoms with E-state index in [1.807, 2.05) is 9.80 Å². The summed E-state index contributed by atoms with van der Waals surface area (Å²) in [6.45, 7) is 3.59. The molecule has 0 spiro atoms. The van der Waals surface area contributed by atoms with Gasteiger partial charge in [-0.15, -0.1) is 0 Å². The zero-order valence-electron chi connectivity index (χ0n) is 17.2. The Bertz CT molecular complexity index is 879. The molecule has 0 radical (unpaired) electrons. The Hall–Kier alpha value is -2.28. The monoisotopic (exact) mass is 441 g/mol. The summed E-state index contributed by atoms with van der Waals surface area (Å²) in [4.78, 5) is 31.8. The van der Waals surface area contributed by atoms with E-state index in [1.165, 1.54) is 23.7 Å². The fourth-order valence-electron chi connectivity index (χ4n) is 3.42. The number of sulfonamides is 1. The van der Waals surface area contributed by atoms with Gasteiger partial charge in [-0.1, -0.05) is 0 Å². The number of anilines is 1. The van der Waals surface area contributed by atoms with Crippen molar-refractivity contribution in [2.45, 2.75) is 4.90 Å². The fraction of sp³-hybridized carbons (Fsp3) is 0.611. The molecule has 0 unspecified atom stereocenters. The first-order valence-electron chi connectivity index (χ1n) is 9.71. The highest BCUT2D eigenvalue weighted by Gasteiger charge is 2.33. The number of hydrogen-bond acceptors (Lipinski definition) is 9. The smallest absolute Gasteiger partial charge is 0.339 e. The van der Waals surface area contributed by atoms with Gasteiger partial charge in [-0.25, -0.2) is 18.2 Å². The molecule has 0 aliphatic carbocycles. The molecule has 2 aliphatic heterocycles. The maximum atomic E-state index is 13.4. The third-order valence-electron chi connectivity index (χ3n) is 5.16. The Morgan fingerprint density at radius 2 is 1.83 bits per heavy atom. The third-order valence-corrected chi connectivity index (χ3v) is 7.06. The van der Waals surface area contributed by atoms with E-state index in [0.29, 0.717) is 45.2 Å². The first-order valence-corrected chi connectivity index (χ1v) is 11.1. The molecular formula is C18H27N5O6S. The van der Waals surface area contributed by atoms with Crippen molar-refractivity contribution in [1.29, 1.82) is 0 Å². The quantitative estimate of drug-likeness (QED) is 0.540. The average Bonchev–Trinajstić information content (AvgIpc) is 2.79. The Kier molecular flexibility index (Phi) is 7.23. The molecule has 2 fully saturated rings. The highest BCUT2D eigenvalue weighted by atomic mass is 32.2. The zero-order chi connectivity index (χ0) is 21.7. The van der Waals surface area contributed by atoms with Crippen molar-refractivity contribution in [2.75, 3.05) is 78.1 Å². The molecule has 3 rings (SSSR count). The second-order valence-corrected chi connectivity index (χ2v) is 8.90. The molecular weight excluding hydrogens is 414 g/mol. The van der Waals surface area contributed by atoms with Gasteiger partial charge in [0.2, 0.25) is 15.9 Å². The van der Waals surface area contributed by atoms with Crippen LogP contribution in [0, 0.1) is 0 Å². The number of carbonyl (C=O) groups is 2. The number of morpholine rings is 1. The number of carbonyl (C=O) groups excluding carboxylic acids is 2. The van der Waals surface area contributed by atoms with Crippen LogP contribution in [-0.2, 0) is 24.3 Å². The van der Waals surface area contributed by atoms with Crippen LogP contribution in [0.1, 0.15) is 10.4 Å². The number of ether oxygens (including phenoxy) is 2. The lowest BCUT2D eigenvalue weighted by Gasteiger charge is -2.36. The molecule has 12 heteroatoms. The van der Waals surface area contributed by atoms with E-state index in [-0.39, 0.29) is 36.0 Å². The molecule has 1 N–H and O–H groups in total. The minimum absolute atomic E-state index is 0.0212. The summed E-state index contributed by atoms with van der Waals surface area (Å²) in [5.74, 6) is -0.420. The number of likely N-dealkylation sites (N-methyl/N-ethyl adjacent to an activating group) is 1. The highest BCUT2D eigenvalue weighted by Crippen LogP contribution is 2.28. The van der Waals surface area contributed by atoms with Crippen LogP contribution in [0.15, 0.2) is 17.2 Å². The number of piperazine rings is 1. The van der Waals surface area contributed by atoms with Gasteiger partial charge < -0.3 is 19.7 Å². The SMILES string of the molecule is CNC(=O)CN1CCN(c2ncc(C(=O)OC)cc2S(=O)(=O)N2CCOCC2)CC1. The van der Waals surface area contributed by atoms with Crippen molar-refractivity contribution in [3.8, 4) is 0 Å². The van der Waals surface area contributed by atoms with E-state index in [2.05, 4.69) is 10.3 Å². The Morgan fingerprint density at radius 3 is 2.43 bits per heavy atom. The first kappa shape index (κ1) is 22.4. The maximum absolute atomic E-state index is 13.4. The minimum Gasteiger partial charge on any atom is -0.465 e. The van der Waals surface area contributed by atoms with Crippen LogP contribution in [0.5, 0.6) is 0 Å². The van der Waals surface area contributed by atoms with Crippen molar-refractivity contribution >= 4 is 27.7 Å². The van der Waals surface area contributed by atoms with Crippen LogP contribution in [0.4, 0.5) is 5.82 Å². The lowest BCUT2D eigenvalue weighted by molar-refractivity contribution is -0.121. The molecule has 1 amide bonds. The maximum Gasteiger partial charge on any atom is 0.339 e. The van der Waals surface area contributed by atoms with Crippen LogP contribution in [0.3, 0.4) is 0 Å². The molecule has 1 aromatic heterocycles. The van der Waals surface area contributed by atoms with Crippen LogP contribution < -0.4 is 10.2 Å². The number of rotatable bonds is 6. The number of pyridine rings is 1. The molecule has 11 nitrogen and oxygen atoms in total. The molecule has 1 aromatic rings. The summed E-state index contributed by atoms with van der Waals surface area (Å²) in [5.41, 5.74) is 0.0753. The number of amides is 1. The van der Waals surface area contributed by atoms with Gasteiger partial charge in [-0.2, -0.15) is 4.31 Å². The average molecular weight is 442 g/mol. The zero-order valence-corrected chi connectivity index (χ0v) is 18.0. The molecule has 0 aromatic carbocycles. The van der Waals surface area contributed by atoms with Crippen molar-refractivity contribution in [2.24, 2.45) is 0 Å². The van der Waals surface area contributed by atoms with Gasteiger partial charge in [-0.05, 0) is 6.07 Å². The van der Waals surface area contributed by atoms with Crippen molar-refractivity contribution in [1.82, 2.24) is 19.5 Å². The minimum atomic E-state index is -3.88. The highest BCUT2D eigenvalue weighted by molar-refractivity contribution is 7.89. The lowest BCUT2D eigenvalue weighted by atomic mass is 10.2. The summed E-state index contributed by atoms with van der Waals surface area (Å²) in [6, 6.07) is 1.33. The predicted molar refractivity (Wildman–Crippen MR) is 108 cm³/mol. The Labute approximate surface area is 176 Å². The van der Waals surface area contributed by atoms with E-state index in [0.717, 1.165) is 0 Å². The van der Waals surface area contributed by atoms with Crippen LogP contribution in [-0.4, -0.2) is 108 Å². The van der Waals surface area contributed by atoms with Crippen LogP contribution in [0.25, 0.3) is 0 Å². The number of nitrogens with one attached hydrogen (secondary N) is 1. The van der Waals surface area contributed by atoms with Gasteiger partial charge in [0.25, 0.3) is 0 Å². The van der Waals surface area contributed by atoms with E-state index in [4.69, 9.17) is 9.47 Å². The molecule has 2 saturated heterocycles. The van der Waals surface area contributed by atoms with Gasteiger partial charge in [0.1, 0.15) is 10.7 Å². The Balaban J connectivity index is 1.89. The summed E-state index contributed by atoms with van der Waals surface area (Å²) in [7, 11) is -1.05. The normalized spacial score (nSPS) is 18.8. The summed E-state index contributed by atoms with van der Waals surface area (Å²) >= 11 is 0. The first-order chi connectivity index (χ1) is 14.4. The van der Waals surface area contributed by atoms with Crippen LogP contribution in [0.2, 0.25) is 0 Å². The van der Waals surface area contributed by atoms with E-state index < -0.39 is 16.0 Å². The van der Waals surface area contributed by atoms with Crippen LogP contribution >= 0.6 is 0 Å². The number of aromatic nitrogens is 1. The number of nitrogens with zero attached hydrogens (tertiary/aromatic N) is 4. The predicted octanol–water partition coefficient (Wildman–Crippen LogP) is -1.24. The van der Waals surface area contributed by atoms with Crippen molar-refractivity contribution in [3.05, 3.63) is 17.8 Å². The molecule has 0 bridgehead atoms. The summed E-state index contributed by atoms with van der Waals surface area (Å²) in [5, 5.41) is 2.60. The standard InChI is InChI=1S/C18H27N5O6S/c1-19-16(24)13-21-3-5-22(6-4-21)17-15(11-14(12-20-17)18(25)28-2)30(26,27)23-7-9-29-10-8-23/h11-12H,3-10,13H2,1-2H3,(H,19,24). The van der Waals surface area contributed by atoms with Gasteiger partial charge in [0.15, 0.2) is 0 Å². The third kappa shape index (κ3) is 4.89. The van der Waals surface area contributed by atoms with E-state index in [9.17, 15) is 18.0 Å². The number of hydrogen-bond donors (Lipinski definition) is 1. The Morgan fingerprint density at radius 1 is 1.17 bits per heavy atom. The molecule has 0 atom stereocenters. The molecule has 30 heavy (non-hydrogen) atoms. The van der Waals surface area contributed by atoms with Crippen molar-refractivity contribution < 1.29 is 27.5 Å². The topological polar surface area (TPSA) is 121 Å². The second kappa shape index (κ2) is 9.69. The number of methoxy groups -OCH3 is 1. The lowest BCUT2D eigenvalue weighted by Crippen LogP contribution is -2.50. The number of esters is 1. The van der Waals surface area contributed by atoms with Gasteiger partial charge in [0, 0.05) is 52.5 Å². The van der Waals surface area contributed by atoms with E-state index in [1.54, 1.807) is 7.05 Å².